The fourth-order valence-electron chi connectivity index (χ4n) is 5.19. The van der Waals surface area contributed by atoms with Crippen LogP contribution in [-0.4, -0.2) is 42.7 Å². The number of rotatable bonds is 10. The molecule has 2 heterocycles. The minimum atomic E-state index is -2.06. The largest absolute Gasteiger partial charge is 0.478 e. The Balaban J connectivity index is 1.39. The van der Waals surface area contributed by atoms with Gasteiger partial charge < -0.3 is 25.0 Å². The summed E-state index contributed by atoms with van der Waals surface area (Å²) in [4.78, 5) is 28.2. The maximum Gasteiger partial charge on any atom is 0.338 e. The van der Waals surface area contributed by atoms with Crippen LogP contribution < -0.4 is 5.32 Å². The predicted molar refractivity (Wildman–Crippen MR) is 179 cm³/mol. The van der Waals surface area contributed by atoms with E-state index in [9.17, 15) is 19.8 Å². The van der Waals surface area contributed by atoms with Gasteiger partial charge in [0.15, 0.2) is 6.29 Å². The Bertz CT molecular complexity index is 1670. The summed E-state index contributed by atoms with van der Waals surface area (Å²) >= 11 is 18.5. The maximum atomic E-state index is 12.1. The Labute approximate surface area is 286 Å². The molecule has 0 aliphatic carbocycles. The summed E-state index contributed by atoms with van der Waals surface area (Å²) in [6, 6.07) is 26.2. The number of aliphatic hydroxyl groups is 1. The van der Waals surface area contributed by atoms with Crippen LogP contribution in [0.2, 0.25) is 0 Å². The topological polar surface area (TPSA) is 118 Å². The average molecular weight is 702 g/mol. The van der Waals surface area contributed by atoms with Crippen LogP contribution in [-0.2, 0) is 27.4 Å². The maximum absolute atomic E-state index is 12.1. The second kappa shape index (κ2) is 15.2. The predicted octanol–water partition coefficient (Wildman–Crippen LogP) is 7.51. The van der Waals surface area contributed by atoms with Crippen LogP contribution in [0.4, 0.5) is 0 Å². The molecule has 8 nitrogen and oxygen atoms in total. The van der Waals surface area contributed by atoms with Crippen LogP contribution in [0.25, 0.3) is 11.1 Å². The number of alkyl halides is 3. The molecule has 46 heavy (non-hydrogen) atoms. The van der Waals surface area contributed by atoms with Crippen molar-refractivity contribution in [3.8, 4) is 11.1 Å². The highest BCUT2D eigenvalue weighted by molar-refractivity contribution is 7.99. The van der Waals surface area contributed by atoms with Gasteiger partial charge in [-0.1, -0.05) is 115 Å². The molecular weight excluding hydrogens is 671 g/mol. The second-order valence-electron chi connectivity index (χ2n) is 10.8. The lowest BCUT2D eigenvalue weighted by Crippen LogP contribution is -2.38. The van der Waals surface area contributed by atoms with Gasteiger partial charge in [0, 0.05) is 30.0 Å². The van der Waals surface area contributed by atoms with Crippen molar-refractivity contribution in [2.75, 3.05) is 5.75 Å². The van der Waals surface area contributed by atoms with E-state index in [1.54, 1.807) is 12.3 Å². The number of aromatic nitrogens is 1. The van der Waals surface area contributed by atoms with Crippen molar-refractivity contribution in [3.05, 3.63) is 119 Å². The van der Waals surface area contributed by atoms with Gasteiger partial charge in [-0.25, -0.2) is 9.78 Å². The molecule has 3 N–H and O–H groups in total. The van der Waals surface area contributed by atoms with Crippen molar-refractivity contribution in [1.82, 2.24) is 10.3 Å². The number of amides is 1. The highest BCUT2D eigenvalue weighted by Crippen LogP contribution is 2.43. The molecule has 4 aromatic rings. The number of hydrogen-bond donors (Lipinski definition) is 3. The summed E-state index contributed by atoms with van der Waals surface area (Å²) in [5, 5.41) is 22.2. The van der Waals surface area contributed by atoms with Gasteiger partial charge in [0.1, 0.15) is 5.03 Å². The van der Waals surface area contributed by atoms with Crippen molar-refractivity contribution < 1.29 is 29.3 Å². The first-order chi connectivity index (χ1) is 22.0. The third-order valence-electron chi connectivity index (χ3n) is 7.72. The lowest BCUT2D eigenvalue weighted by Gasteiger charge is -2.41. The van der Waals surface area contributed by atoms with E-state index in [0.717, 1.165) is 33.4 Å². The average Bonchev–Trinajstić information content (AvgIpc) is 3.06. The number of thioether (sulfide) groups is 1. The first-order valence-corrected chi connectivity index (χ1v) is 16.5. The van der Waals surface area contributed by atoms with Crippen molar-refractivity contribution in [3.63, 3.8) is 0 Å². The van der Waals surface area contributed by atoms with Crippen LogP contribution in [0, 0.1) is 5.92 Å². The summed E-state index contributed by atoms with van der Waals surface area (Å²) in [5.41, 5.74) is 5.34. The zero-order valence-corrected chi connectivity index (χ0v) is 27.7. The van der Waals surface area contributed by atoms with E-state index in [2.05, 4.69) is 10.3 Å². The van der Waals surface area contributed by atoms with Crippen LogP contribution in [0.3, 0.4) is 0 Å². The van der Waals surface area contributed by atoms with Crippen LogP contribution in [0.15, 0.2) is 96.2 Å². The minimum absolute atomic E-state index is 0.0584. The van der Waals surface area contributed by atoms with Gasteiger partial charge in [-0.15, -0.1) is 11.8 Å². The summed E-state index contributed by atoms with van der Waals surface area (Å²) in [6.45, 7) is 2.16. The Morgan fingerprint density at radius 1 is 0.935 bits per heavy atom. The van der Waals surface area contributed by atoms with E-state index >= 15 is 0 Å². The van der Waals surface area contributed by atoms with Gasteiger partial charge >= 0.3 is 5.97 Å². The zero-order chi connectivity index (χ0) is 32.8. The fraction of sp³-hybridized carbons (Fsp3) is 0.265. The molecule has 4 unspecified atom stereocenters. The molecule has 5 rings (SSSR count). The summed E-state index contributed by atoms with van der Waals surface area (Å²) in [5.74, 6) is -1.38. The van der Waals surface area contributed by atoms with E-state index in [-0.39, 0.29) is 36.8 Å². The third kappa shape index (κ3) is 8.22. The SMILES string of the molecule is CC1C(CSc2ncccc2C(=O)O)OC(c2ccc(-c3ccccc3CNC(=O)C(Cl)(Cl)Cl)cc2)OC1c1ccc(CO)cc1. The summed E-state index contributed by atoms with van der Waals surface area (Å²) in [7, 11) is 0. The van der Waals surface area contributed by atoms with Crippen molar-refractivity contribution in [2.24, 2.45) is 5.92 Å². The normalized spacial score (nSPS) is 19.8. The smallest absolute Gasteiger partial charge is 0.338 e. The number of carboxylic acid groups (broad SMARTS) is 1. The molecule has 1 saturated heterocycles. The first kappa shape index (κ1) is 34.2. The number of aromatic carboxylic acids is 1. The number of nitrogens with zero attached hydrogens (tertiary/aromatic N) is 1. The highest BCUT2D eigenvalue weighted by Gasteiger charge is 2.38. The fourth-order valence-corrected chi connectivity index (χ4v) is 6.54. The number of benzene rings is 3. The Morgan fingerprint density at radius 2 is 1.63 bits per heavy atom. The van der Waals surface area contributed by atoms with Crippen molar-refractivity contribution in [1.29, 1.82) is 0 Å². The second-order valence-corrected chi connectivity index (χ2v) is 14.0. The number of ether oxygens (including phenoxy) is 2. The van der Waals surface area contributed by atoms with Crippen LogP contribution in [0.1, 0.15) is 51.9 Å². The number of hydrogen-bond acceptors (Lipinski definition) is 7. The number of nitrogens with one attached hydrogen (secondary N) is 1. The minimum Gasteiger partial charge on any atom is -0.478 e. The van der Waals surface area contributed by atoms with E-state index in [0.29, 0.717) is 10.8 Å². The highest BCUT2D eigenvalue weighted by atomic mass is 35.6. The molecule has 12 heteroatoms. The number of carboxylic acids is 1. The van der Waals surface area contributed by atoms with Gasteiger partial charge in [0.25, 0.3) is 9.70 Å². The number of pyridine rings is 1. The first-order valence-electron chi connectivity index (χ1n) is 14.4. The number of carbonyl (C=O) groups excluding carboxylic acids is 1. The van der Waals surface area contributed by atoms with E-state index < -0.39 is 22.0 Å². The van der Waals surface area contributed by atoms with E-state index in [1.807, 2.05) is 79.7 Å². The van der Waals surface area contributed by atoms with Gasteiger partial charge in [0.05, 0.1) is 24.4 Å². The molecule has 3 aromatic carbocycles. The van der Waals surface area contributed by atoms with Gasteiger partial charge in [-0.3, -0.25) is 4.79 Å². The van der Waals surface area contributed by atoms with Gasteiger partial charge in [0.2, 0.25) is 0 Å². The molecule has 1 aliphatic heterocycles. The number of aliphatic hydroxyl groups excluding tert-OH is 1. The molecule has 1 aromatic heterocycles. The number of halogens is 3. The van der Waals surface area contributed by atoms with Gasteiger partial charge in [-0.05, 0) is 39.9 Å². The monoisotopic (exact) mass is 700 g/mol. The lowest BCUT2D eigenvalue weighted by molar-refractivity contribution is -0.268. The third-order valence-corrected chi connectivity index (χ3v) is 9.33. The standard InChI is InChI=1S/C34H31Cl3N2O6S/c1-20-28(19-46-30-27(31(41)42)7-4-16-38-30)44-32(45-29(20)23-10-8-21(18-40)9-11-23)24-14-12-22(13-15-24)26-6-3-2-5-25(26)17-39-33(43)34(35,36)37/h2-16,20,28-29,32,40H,17-19H2,1H3,(H,39,43)(H,41,42). The van der Waals surface area contributed by atoms with Crippen molar-refractivity contribution >= 4 is 58.4 Å². The Kier molecular flexibility index (Phi) is 11.3. The Morgan fingerprint density at radius 3 is 2.30 bits per heavy atom. The summed E-state index contributed by atoms with van der Waals surface area (Å²) < 4.78 is 11.0. The van der Waals surface area contributed by atoms with Crippen LogP contribution in [0.5, 0.6) is 0 Å². The Hall–Kier alpha value is -3.15. The van der Waals surface area contributed by atoms with Crippen LogP contribution >= 0.6 is 46.6 Å². The molecule has 240 valence electrons. The van der Waals surface area contributed by atoms with Gasteiger partial charge in [-0.2, -0.15) is 0 Å². The zero-order valence-electron chi connectivity index (χ0n) is 24.6. The molecular formula is C34H31Cl3N2O6S. The molecule has 1 fully saturated rings. The quantitative estimate of drug-likeness (QED) is 0.115. The molecule has 0 spiro atoms. The molecule has 0 radical (unpaired) electrons. The number of carbonyl (C=O) groups is 2. The molecule has 0 bridgehead atoms. The molecule has 4 atom stereocenters. The molecule has 0 saturated carbocycles. The molecule has 1 amide bonds. The summed E-state index contributed by atoms with van der Waals surface area (Å²) in [6.07, 6.45) is 0.227. The van der Waals surface area contributed by atoms with Crippen molar-refractivity contribution in [2.45, 2.75) is 47.4 Å². The van der Waals surface area contributed by atoms with E-state index in [1.165, 1.54) is 17.8 Å². The van der Waals surface area contributed by atoms with E-state index in [4.69, 9.17) is 44.3 Å². The molecule has 1 aliphatic rings. The lowest BCUT2D eigenvalue weighted by atomic mass is 9.91.